The van der Waals surface area contributed by atoms with E-state index in [9.17, 15) is 0 Å². The Labute approximate surface area is 122 Å². The Morgan fingerprint density at radius 2 is 0.381 bits per heavy atom. The van der Waals surface area contributed by atoms with Gasteiger partial charge in [-0.1, -0.05) is 0 Å². The molecule has 21 heteroatoms. The summed E-state index contributed by atoms with van der Waals surface area (Å²) < 4.78 is 0. The van der Waals surface area contributed by atoms with Crippen molar-refractivity contribution in [2.75, 3.05) is 0 Å². The van der Waals surface area contributed by atoms with E-state index in [0.29, 0.717) is 0 Å². The van der Waals surface area contributed by atoms with E-state index < -0.39 is 20.3 Å². The Kier molecular flexibility index (Phi) is 162. The summed E-state index contributed by atoms with van der Waals surface area (Å²) in [5.74, 6) is 0. The molecule has 0 aliphatic rings. The second-order valence-corrected chi connectivity index (χ2v) is 0.894. The van der Waals surface area contributed by atoms with Crippen molar-refractivity contribution in [3.8, 4) is 0 Å². The van der Waals surface area contributed by atoms with Crippen LogP contribution in [0.5, 0.6) is 0 Å². The summed E-state index contributed by atoms with van der Waals surface area (Å²) in [6.07, 6.45) is 0. The molecule has 0 spiro atoms. The van der Waals surface area contributed by atoms with E-state index in [1.807, 2.05) is 0 Å². The van der Waals surface area contributed by atoms with Crippen LogP contribution in [0.3, 0.4) is 0 Å². The van der Waals surface area contributed by atoms with Gasteiger partial charge in [-0.3, -0.25) is 0 Å². The first-order chi connectivity index (χ1) is 6.93. The zero-order chi connectivity index (χ0) is 14.3. The standard InChI is InChI=1S/Mn.4NO3.4H2O/c;4*2-1(3)4;;;;/h;;;;;4*1H2/q;4*-1;;;;. The molecule has 0 aromatic heterocycles. The average Bonchev–Trinajstić information content (AvgIpc) is 1.76. The molecule has 21 heavy (non-hydrogen) atoms. The van der Waals surface area contributed by atoms with Gasteiger partial charge >= 0.3 is 0 Å². The van der Waals surface area contributed by atoms with Gasteiger partial charge in [0.15, 0.2) is 0 Å². The van der Waals surface area contributed by atoms with Crippen LogP contribution in [0.25, 0.3) is 0 Å². The summed E-state index contributed by atoms with van der Waals surface area (Å²) in [6, 6.07) is 0. The molecule has 0 saturated carbocycles. The minimum Gasteiger partial charge on any atom is -0.412 e. The molecule has 20 nitrogen and oxygen atoms in total. The third-order valence-electron chi connectivity index (χ3n) is 0. The van der Waals surface area contributed by atoms with Crippen molar-refractivity contribution in [3.63, 3.8) is 0 Å². The van der Waals surface area contributed by atoms with Crippen LogP contribution in [-0.2, 0) is 17.1 Å². The summed E-state index contributed by atoms with van der Waals surface area (Å²) in [5.41, 5.74) is 0. The molecule has 0 aromatic rings. The predicted molar refractivity (Wildman–Crippen MR) is 55.9 cm³/mol. The van der Waals surface area contributed by atoms with Gasteiger partial charge in [0.1, 0.15) is 0 Å². The van der Waals surface area contributed by atoms with Gasteiger partial charge in [-0.15, -0.1) is 0 Å². The Bertz CT molecular complexity index is 160. The first-order valence-electron chi connectivity index (χ1n) is 2.19. The van der Waals surface area contributed by atoms with Gasteiger partial charge in [0.2, 0.25) is 0 Å². The SMILES string of the molecule is O.O.O.O.O=[N+]([O-])[O-].O=[N+]([O-])[O-].O=[N+]([O-])[O-].O=[N+]([O-])[O-].[Mn]. The topological polar surface area (TPSA) is 391 Å². The van der Waals surface area contributed by atoms with Crippen molar-refractivity contribution in [3.05, 3.63) is 61.3 Å². The second kappa shape index (κ2) is 53.4. The second-order valence-electron chi connectivity index (χ2n) is 0.894. The quantitative estimate of drug-likeness (QED) is 0.220. The molecule has 0 rings (SSSR count). The molecule has 1 radical (unpaired) electrons. The van der Waals surface area contributed by atoms with E-state index >= 15 is 0 Å². The number of hydrogen-bond acceptors (Lipinski definition) is 12. The van der Waals surface area contributed by atoms with Gasteiger partial charge in [0.05, 0.1) is 20.3 Å². The molecular formula is H8MnN4O16-4. The van der Waals surface area contributed by atoms with Crippen molar-refractivity contribution >= 4 is 0 Å². The van der Waals surface area contributed by atoms with Crippen molar-refractivity contribution in [2.45, 2.75) is 0 Å². The van der Waals surface area contributed by atoms with Gasteiger partial charge < -0.3 is 83.2 Å². The maximum Gasteiger partial charge on any atom is 0.0689 e. The van der Waals surface area contributed by atoms with E-state index in [4.69, 9.17) is 61.3 Å². The molecule has 0 aliphatic carbocycles. The fourth-order valence-electron chi connectivity index (χ4n) is 0. The molecule has 0 amide bonds. The van der Waals surface area contributed by atoms with E-state index in [-0.39, 0.29) is 39.0 Å². The third kappa shape index (κ3) is 489. The van der Waals surface area contributed by atoms with Gasteiger partial charge in [-0.25, -0.2) is 0 Å². The van der Waals surface area contributed by atoms with Crippen molar-refractivity contribution in [2.24, 2.45) is 0 Å². The van der Waals surface area contributed by atoms with E-state index in [0.717, 1.165) is 0 Å². The monoisotopic (exact) mass is 375 g/mol. The van der Waals surface area contributed by atoms with Crippen molar-refractivity contribution in [1.29, 1.82) is 0 Å². The molecule has 0 unspecified atom stereocenters. The first-order valence-corrected chi connectivity index (χ1v) is 2.19. The Morgan fingerprint density at radius 1 is 0.381 bits per heavy atom. The zero-order valence-electron chi connectivity index (χ0n) is 9.07. The minimum absolute atomic E-state index is 0. The smallest absolute Gasteiger partial charge is 0.0689 e. The fourth-order valence-corrected chi connectivity index (χ4v) is 0. The van der Waals surface area contributed by atoms with Crippen LogP contribution in [-0.4, -0.2) is 42.3 Å². The molecule has 0 atom stereocenters. The summed E-state index contributed by atoms with van der Waals surface area (Å²) in [6.45, 7) is 0. The first kappa shape index (κ1) is 63.7. The molecule has 0 bridgehead atoms. The molecule has 0 fully saturated rings. The molecule has 135 valence electrons. The average molecular weight is 375 g/mol. The zero-order valence-corrected chi connectivity index (χ0v) is 10.2. The molecule has 0 aromatic carbocycles. The van der Waals surface area contributed by atoms with E-state index in [1.165, 1.54) is 0 Å². The number of rotatable bonds is 0. The summed E-state index contributed by atoms with van der Waals surface area (Å²) >= 11 is 0. The van der Waals surface area contributed by atoms with Gasteiger partial charge in [-0.2, -0.15) is 0 Å². The van der Waals surface area contributed by atoms with Crippen LogP contribution >= 0.6 is 0 Å². The molecule has 0 aliphatic heterocycles. The van der Waals surface area contributed by atoms with Crippen LogP contribution < -0.4 is 0 Å². The normalized spacial score (nSPS) is 4.57. The van der Waals surface area contributed by atoms with Crippen LogP contribution in [0.4, 0.5) is 0 Å². The summed E-state index contributed by atoms with van der Waals surface area (Å²) in [5, 5.41) is 59.0. The molecular weight excluding hydrogens is 367 g/mol. The maximum absolute atomic E-state index is 8.25. The van der Waals surface area contributed by atoms with Crippen LogP contribution in [0, 0.1) is 61.3 Å². The van der Waals surface area contributed by atoms with Gasteiger partial charge in [0.25, 0.3) is 0 Å². The molecule has 0 saturated heterocycles. The molecule has 0 heterocycles. The van der Waals surface area contributed by atoms with Crippen LogP contribution in [0.1, 0.15) is 0 Å². The fraction of sp³-hybridized carbons (Fsp3) is 0. The third-order valence-corrected chi connectivity index (χ3v) is 0. The van der Waals surface area contributed by atoms with Crippen LogP contribution in [0.15, 0.2) is 0 Å². The van der Waals surface area contributed by atoms with Gasteiger partial charge in [0, 0.05) is 17.1 Å². The van der Waals surface area contributed by atoms with Crippen molar-refractivity contribution in [1.82, 2.24) is 0 Å². The van der Waals surface area contributed by atoms with Crippen LogP contribution in [0.2, 0.25) is 0 Å². The summed E-state index contributed by atoms with van der Waals surface area (Å²) in [7, 11) is 0. The largest absolute Gasteiger partial charge is 0.412 e. The van der Waals surface area contributed by atoms with E-state index in [1.54, 1.807) is 0 Å². The van der Waals surface area contributed by atoms with E-state index in [2.05, 4.69) is 0 Å². The van der Waals surface area contributed by atoms with Crippen molar-refractivity contribution < 1.29 is 59.3 Å². The summed E-state index contributed by atoms with van der Waals surface area (Å²) in [4.78, 5) is 33.0. The minimum atomic E-state index is -1.75. The Hall–Kier alpha value is -2.84. The maximum atomic E-state index is 8.25. The Morgan fingerprint density at radius 3 is 0.381 bits per heavy atom. The molecule has 8 N–H and O–H groups in total. The Balaban J connectivity index is -0.0000000121. The van der Waals surface area contributed by atoms with Gasteiger partial charge in [-0.05, 0) is 0 Å². The number of hydrogen-bond donors (Lipinski definition) is 0. The predicted octanol–water partition coefficient (Wildman–Crippen LogP) is -4.26. The number of nitrogens with zero attached hydrogens (tertiary/aromatic N) is 4.